The lowest BCUT2D eigenvalue weighted by atomic mass is 10.2. The molecule has 0 aromatic heterocycles. The number of rotatable bonds is 9. The summed E-state index contributed by atoms with van der Waals surface area (Å²) in [4.78, 5) is 10.8. The van der Waals surface area contributed by atoms with Gasteiger partial charge in [-0.3, -0.25) is 0 Å². The first kappa shape index (κ1) is 15.9. The minimum atomic E-state index is -3.68. The van der Waals surface area contributed by atoms with E-state index in [0.717, 1.165) is 12.7 Å². The van der Waals surface area contributed by atoms with Crippen LogP contribution in [-0.2, 0) is 14.8 Å². The Morgan fingerprint density at radius 3 is 2.81 bits per heavy atom. The van der Waals surface area contributed by atoms with Crippen molar-refractivity contribution in [3.05, 3.63) is 29.8 Å². The molecule has 1 aromatic carbocycles. The standard InChI is InChI=1S/C14H19NO5S/c16-14(17)12-3-1-4-13(9-12)21(18,19)15-7-2-8-20-10-11-5-6-11/h1,3-4,9,11,15H,2,5-8,10H2,(H,16,17). The zero-order valence-electron chi connectivity index (χ0n) is 11.6. The van der Waals surface area contributed by atoms with Crippen molar-refractivity contribution < 1.29 is 23.1 Å². The summed E-state index contributed by atoms with van der Waals surface area (Å²) < 4.78 is 31.9. The molecule has 0 unspecified atom stereocenters. The van der Waals surface area contributed by atoms with E-state index in [1.54, 1.807) is 0 Å². The van der Waals surface area contributed by atoms with Crippen molar-refractivity contribution in [1.29, 1.82) is 0 Å². The van der Waals surface area contributed by atoms with Gasteiger partial charge in [0.15, 0.2) is 0 Å². The van der Waals surface area contributed by atoms with Crippen LogP contribution in [0.1, 0.15) is 29.6 Å². The second kappa shape index (κ2) is 7.02. The fraction of sp³-hybridized carbons (Fsp3) is 0.500. The molecule has 21 heavy (non-hydrogen) atoms. The van der Waals surface area contributed by atoms with Gasteiger partial charge >= 0.3 is 5.97 Å². The van der Waals surface area contributed by atoms with Crippen molar-refractivity contribution in [3.8, 4) is 0 Å². The second-order valence-corrected chi connectivity index (χ2v) is 6.87. The molecule has 116 valence electrons. The number of nitrogens with one attached hydrogen (secondary N) is 1. The SMILES string of the molecule is O=C(O)c1cccc(S(=O)(=O)NCCCOCC2CC2)c1. The number of sulfonamides is 1. The van der Waals surface area contributed by atoms with Gasteiger partial charge in [-0.1, -0.05) is 6.07 Å². The largest absolute Gasteiger partial charge is 0.478 e. The van der Waals surface area contributed by atoms with E-state index in [-0.39, 0.29) is 17.0 Å². The van der Waals surface area contributed by atoms with Gasteiger partial charge in [0, 0.05) is 19.8 Å². The first-order valence-electron chi connectivity index (χ1n) is 6.90. The number of carboxylic acids is 1. The molecule has 0 aliphatic heterocycles. The van der Waals surface area contributed by atoms with Crippen LogP contribution in [0.15, 0.2) is 29.2 Å². The fourth-order valence-corrected chi connectivity index (χ4v) is 2.91. The minimum Gasteiger partial charge on any atom is -0.478 e. The summed E-state index contributed by atoms with van der Waals surface area (Å²) in [6.07, 6.45) is 3.05. The summed E-state index contributed by atoms with van der Waals surface area (Å²) in [5.41, 5.74) is -0.0503. The highest BCUT2D eigenvalue weighted by atomic mass is 32.2. The summed E-state index contributed by atoms with van der Waals surface area (Å²) >= 11 is 0. The number of hydrogen-bond acceptors (Lipinski definition) is 4. The van der Waals surface area contributed by atoms with E-state index in [4.69, 9.17) is 9.84 Å². The predicted octanol–water partition coefficient (Wildman–Crippen LogP) is 1.48. The lowest BCUT2D eigenvalue weighted by molar-refractivity contribution is 0.0696. The van der Waals surface area contributed by atoms with E-state index in [9.17, 15) is 13.2 Å². The zero-order chi connectivity index (χ0) is 15.3. The molecule has 0 amide bonds. The quantitative estimate of drug-likeness (QED) is 0.674. The highest BCUT2D eigenvalue weighted by Gasteiger charge is 2.21. The van der Waals surface area contributed by atoms with Gasteiger partial charge in [0.25, 0.3) is 0 Å². The third-order valence-electron chi connectivity index (χ3n) is 3.20. The van der Waals surface area contributed by atoms with Crippen molar-refractivity contribution in [2.45, 2.75) is 24.2 Å². The van der Waals surface area contributed by atoms with E-state index < -0.39 is 16.0 Å². The van der Waals surface area contributed by atoms with Crippen LogP contribution in [-0.4, -0.2) is 39.3 Å². The van der Waals surface area contributed by atoms with Crippen LogP contribution in [0.25, 0.3) is 0 Å². The van der Waals surface area contributed by atoms with E-state index in [0.29, 0.717) is 18.9 Å². The molecule has 7 heteroatoms. The topological polar surface area (TPSA) is 92.7 Å². The molecule has 0 radical (unpaired) electrons. The Hall–Kier alpha value is -1.44. The summed E-state index contributed by atoms with van der Waals surface area (Å²) in [5.74, 6) is -0.457. The van der Waals surface area contributed by atoms with Crippen molar-refractivity contribution in [1.82, 2.24) is 4.72 Å². The lowest BCUT2D eigenvalue weighted by Crippen LogP contribution is -2.25. The molecule has 1 aromatic rings. The van der Waals surface area contributed by atoms with Crippen molar-refractivity contribution in [2.75, 3.05) is 19.8 Å². The maximum absolute atomic E-state index is 12.0. The highest BCUT2D eigenvalue weighted by molar-refractivity contribution is 7.89. The van der Waals surface area contributed by atoms with Crippen LogP contribution in [0.2, 0.25) is 0 Å². The molecule has 0 spiro atoms. The molecule has 2 rings (SSSR count). The van der Waals surface area contributed by atoms with Gasteiger partial charge in [-0.2, -0.15) is 0 Å². The first-order valence-corrected chi connectivity index (χ1v) is 8.38. The van der Waals surface area contributed by atoms with Gasteiger partial charge in [-0.05, 0) is 43.4 Å². The molecule has 6 nitrogen and oxygen atoms in total. The third kappa shape index (κ3) is 5.11. The summed E-state index contributed by atoms with van der Waals surface area (Å²) in [6.45, 7) is 1.55. The second-order valence-electron chi connectivity index (χ2n) is 5.10. The molecular formula is C14H19NO5S. The van der Waals surface area contributed by atoms with Crippen LogP contribution < -0.4 is 4.72 Å². The molecule has 0 atom stereocenters. The molecule has 1 fully saturated rings. The number of carboxylic acid groups (broad SMARTS) is 1. The number of benzene rings is 1. The Balaban J connectivity index is 1.80. The van der Waals surface area contributed by atoms with Crippen LogP contribution in [0.5, 0.6) is 0 Å². The van der Waals surface area contributed by atoms with Gasteiger partial charge in [-0.15, -0.1) is 0 Å². The monoisotopic (exact) mass is 313 g/mol. The highest BCUT2D eigenvalue weighted by Crippen LogP contribution is 2.28. The van der Waals surface area contributed by atoms with Crippen LogP contribution in [0.3, 0.4) is 0 Å². The Morgan fingerprint density at radius 1 is 1.38 bits per heavy atom. The van der Waals surface area contributed by atoms with Gasteiger partial charge in [0.05, 0.1) is 10.5 Å². The molecule has 0 heterocycles. The Bertz CT molecular complexity index is 595. The van der Waals surface area contributed by atoms with Crippen LogP contribution in [0.4, 0.5) is 0 Å². The van der Waals surface area contributed by atoms with Crippen LogP contribution >= 0.6 is 0 Å². The molecule has 1 saturated carbocycles. The summed E-state index contributed by atoms with van der Waals surface area (Å²) in [5, 5.41) is 8.87. The molecule has 2 N–H and O–H groups in total. The normalized spacial score (nSPS) is 15.0. The van der Waals surface area contributed by atoms with Crippen molar-refractivity contribution in [2.24, 2.45) is 5.92 Å². The van der Waals surface area contributed by atoms with E-state index in [1.807, 2.05) is 0 Å². The number of ether oxygens (including phenoxy) is 1. The maximum atomic E-state index is 12.0. The van der Waals surface area contributed by atoms with E-state index in [1.165, 1.54) is 31.0 Å². The maximum Gasteiger partial charge on any atom is 0.335 e. The van der Waals surface area contributed by atoms with E-state index >= 15 is 0 Å². The molecule has 0 bridgehead atoms. The average molecular weight is 313 g/mol. The molecule has 1 aliphatic rings. The number of hydrogen-bond donors (Lipinski definition) is 2. The number of aromatic carboxylic acids is 1. The number of carbonyl (C=O) groups is 1. The molecule has 1 aliphatic carbocycles. The van der Waals surface area contributed by atoms with Gasteiger partial charge in [0.1, 0.15) is 0 Å². The van der Waals surface area contributed by atoms with Crippen molar-refractivity contribution >= 4 is 16.0 Å². The Kier molecular flexibility index (Phi) is 5.33. The van der Waals surface area contributed by atoms with Crippen molar-refractivity contribution in [3.63, 3.8) is 0 Å². The smallest absolute Gasteiger partial charge is 0.335 e. The summed E-state index contributed by atoms with van der Waals surface area (Å²) in [6, 6.07) is 5.29. The molecule has 0 saturated heterocycles. The third-order valence-corrected chi connectivity index (χ3v) is 4.66. The van der Waals surface area contributed by atoms with Gasteiger partial charge < -0.3 is 9.84 Å². The Morgan fingerprint density at radius 2 is 2.14 bits per heavy atom. The van der Waals surface area contributed by atoms with Gasteiger partial charge in [-0.25, -0.2) is 17.9 Å². The predicted molar refractivity (Wildman–Crippen MR) is 76.7 cm³/mol. The summed E-state index contributed by atoms with van der Waals surface area (Å²) in [7, 11) is -3.68. The zero-order valence-corrected chi connectivity index (χ0v) is 12.4. The molecular weight excluding hydrogens is 294 g/mol. The Labute approximate surface area is 124 Å². The lowest BCUT2D eigenvalue weighted by Gasteiger charge is -2.07. The average Bonchev–Trinajstić information content (AvgIpc) is 3.27. The van der Waals surface area contributed by atoms with E-state index in [2.05, 4.69) is 4.72 Å². The fourth-order valence-electron chi connectivity index (χ4n) is 1.79. The van der Waals surface area contributed by atoms with Crippen LogP contribution in [0, 0.1) is 5.92 Å². The minimum absolute atomic E-state index is 0.0405. The van der Waals surface area contributed by atoms with Gasteiger partial charge in [0.2, 0.25) is 10.0 Å². The first-order chi connectivity index (χ1) is 9.99.